The third kappa shape index (κ3) is 1.82. The Bertz CT molecular complexity index is 306. The quantitative estimate of drug-likeness (QED) is 0.800. The van der Waals surface area contributed by atoms with Gasteiger partial charge in [0, 0.05) is 12.8 Å². The molecule has 14 heavy (non-hydrogen) atoms. The van der Waals surface area contributed by atoms with Gasteiger partial charge in [0.1, 0.15) is 12.4 Å². The third-order valence-corrected chi connectivity index (χ3v) is 3.05. The van der Waals surface area contributed by atoms with Crippen LogP contribution in [0.15, 0.2) is 0 Å². The Balaban J connectivity index is 2.12. The lowest BCUT2D eigenvalue weighted by molar-refractivity contribution is 0.178. The zero-order valence-corrected chi connectivity index (χ0v) is 8.97. The van der Waals surface area contributed by atoms with Crippen molar-refractivity contribution < 1.29 is 4.74 Å². The fourth-order valence-corrected chi connectivity index (χ4v) is 2.17. The van der Waals surface area contributed by atoms with Crippen molar-refractivity contribution in [3.8, 4) is 0 Å². The summed E-state index contributed by atoms with van der Waals surface area (Å²) in [6, 6.07) is 0. The Kier molecular flexibility index (Phi) is 2.87. The molecule has 0 bridgehead atoms. The Morgan fingerprint density at radius 3 is 3.14 bits per heavy atom. The van der Waals surface area contributed by atoms with Gasteiger partial charge in [-0.1, -0.05) is 13.3 Å². The van der Waals surface area contributed by atoms with E-state index in [1.807, 2.05) is 0 Å². The summed E-state index contributed by atoms with van der Waals surface area (Å²) >= 11 is 0. The standard InChI is InChI=1S/C11H18N2O/c1-3-8-4-5-9-10(6-8)13-11(12-9)7-14-2/h8H,3-7H2,1-2H3,(H,12,13). The first kappa shape index (κ1) is 9.71. The highest BCUT2D eigenvalue weighted by atomic mass is 16.5. The second-order valence-electron chi connectivity index (χ2n) is 4.06. The van der Waals surface area contributed by atoms with Crippen molar-refractivity contribution in [3.05, 3.63) is 17.2 Å². The summed E-state index contributed by atoms with van der Waals surface area (Å²) < 4.78 is 5.07. The maximum atomic E-state index is 5.07. The number of rotatable bonds is 3. The van der Waals surface area contributed by atoms with Gasteiger partial charge in [-0.05, 0) is 25.2 Å². The van der Waals surface area contributed by atoms with Crippen molar-refractivity contribution in [2.45, 2.75) is 39.2 Å². The van der Waals surface area contributed by atoms with Crippen LogP contribution in [0, 0.1) is 5.92 Å². The van der Waals surface area contributed by atoms with E-state index in [1.54, 1.807) is 7.11 Å². The number of hydrogen-bond donors (Lipinski definition) is 1. The molecule has 0 fully saturated rings. The molecule has 1 aliphatic rings. The van der Waals surface area contributed by atoms with Crippen LogP contribution in [0.4, 0.5) is 0 Å². The van der Waals surface area contributed by atoms with Gasteiger partial charge < -0.3 is 9.72 Å². The maximum absolute atomic E-state index is 5.07. The Morgan fingerprint density at radius 1 is 1.57 bits per heavy atom. The van der Waals surface area contributed by atoms with Crippen molar-refractivity contribution >= 4 is 0 Å². The van der Waals surface area contributed by atoms with Crippen molar-refractivity contribution in [3.63, 3.8) is 0 Å². The SMILES string of the molecule is CCC1CCc2nc(COC)[nH]c2C1. The number of aromatic nitrogens is 2. The number of imidazole rings is 1. The number of nitrogens with one attached hydrogen (secondary N) is 1. The number of H-pyrrole nitrogens is 1. The fraction of sp³-hybridized carbons (Fsp3) is 0.727. The number of nitrogens with zero attached hydrogens (tertiary/aromatic N) is 1. The summed E-state index contributed by atoms with van der Waals surface area (Å²) in [4.78, 5) is 7.89. The monoisotopic (exact) mass is 194 g/mol. The molecule has 2 rings (SSSR count). The summed E-state index contributed by atoms with van der Waals surface area (Å²) in [7, 11) is 1.70. The van der Waals surface area contributed by atoms with Gasteiger partial charge in [0.25, 0.3) is 0 Å². The Hall–Kier alpha value is -0.830. The number of aromatic amines is 1. The van der Waals surface area contributed by atoms with Crippen LogP contribution in [0.2, 0.25) is 0 Å². The van der Waals surface area contributed by atoms with Crippen LogP contribution in [-0.2, 0) is 24.2 Å². The molecule has 78 valence electrons. The zero-order valence-electron chi connectivity index (χ0n) is 8.97. The van der Waals surface area contributed by atoms with Crippen LogP contribution in [0.3, 0.4) is 0 Å². The van der Waals surface area contributed by atoms with Crippen LogP contribution in [0.25, 0.3) is 0 Å². The number of aryl methyl sites for hydroxylation is 1. The van der Waals surface area contributed by atoms with Gasteiger partial charge >= 0.3 is 0 Å². The topological polar surface area (TPSA) is 37.9 Å². The first-order chi connectivity index (χ1) is 6.83. The van der Waals surface area contributed by atoms with Crippen LogP contribution in [0.1, 0.15) is 37.0 Å². The van der Waals surface area contributed by atoms with Crippen LogP contribution >= 0.6 is 0 Å². The molecule has 1 aromatic rings. The molecule has 0 radical (unpaired) electrons. The molecule has 0 saturated heterocycles. The van der Waals surface area contributed by atoms with Crippen molar-refractivity contribution in [1.82, 2.24) is 9.97 Å². The molecule has 1 unspecified atom stereocenters. The minimum atomic E-state index is 0.601. The van der Waals surface area contributed by atoms with Crippen molar-refractivity contribution in [1.29, 1.82) is 0 Å². The molecule has 0 spiro atoms. The van der Waals surface area contributed by atoms with Gasteiger partial charge in [-0.2, -0.15) is 0 Å². The highest BCUT2D eigenvalue weighted by Gasteiger charge is 2.20. The second kappa shape index (κ2) is 4.13. The molecule has 1 N–H and O–H groups in total. The van der Waals surface area contributed by atoms with Gasteiger partial charge in [-0.25, -0.2) is 4.98 Å². The molecule has 1 aliphatic carbocycles. The Labute approximate surface area is 84.9 Å². The van der Waals surface area contributed by atoms with E-state index < -0.39 is 0 Å². The van der Waals surface area contributed by atoms with Crippen LogP contribution in [0.5, 0.6) is 0 Å². The summed E-state index contributed by atoms with van der Waals surface area (Å²) in [6.07, 6.45) is 4.87. The number of ether oxygens (including phenoxy) is 1. The summed E-state index contributed by atoms with van der Waals surface area (Å²) in [5, 5.41) is 0. The minimum absolute atomic E-state index is 0.601. The molecule has 1 aromatic heterocycles. The second-order valence-corrected chi connectivity index (χ2v) is 4.06. The molecule has 1 atom stereocenters. The number of methoxy groups -OCH3 is 1. The van der Waals surface area contributed by atoms with Crippen molar-refractivity contribution in [2.24, 2.45) is 5.92 Å². The summed E-state index contributed by atoms with van der Waals surface area (Å²) in [5.41, 5.74) is 2.61. The van der Waals surface area contributed by atoms with Crippen molar-refractivity contribution in [2.75, 3.05) is 7.11 Å². The lowest BCUT2D eigenvalue weighted by atomic mass is 9.88. The minimum Gasteiger partial charge on any atom is -0.377 e. The molecule has 0 amide bonds. The average molecular weight is 194 g/mol. The number of fused-ring (bicyclic) bond motifs is 1. The van der Waals surface area contributed by atoms with E-state index >= 15 is 0 Å². The predicted molar refractivity (Wildman–Crippen MR) is 55.1 cm³/mol. The molecule has 0 saturated carbocycles. The highest BCUT2D eigenvalue weighted by molar-refractivity contribution is 5.18. The smallest absolute Gasteiger partial charge is 0.132 e. The third-order valence-electron chi connectivity index (χ3n) is 3.05. The molecule has 1 heterocycles. The first-order valence-electron chi connectivity index (χ1n) is 5.39. The van der Waals surface area contributed by atoms with Gasteiger partial charge in [0.05, 0.1) is 5.69 Å². The molecule has 3 heteroatoms. The van der Waals surface area contributed by atoms with Gasteiger partial charge in [-0.15, -0.1) is 0 Å². The molecular formula is C11H18N2O. The molecular weight excluding hydrogens is 176 g/mol. The first-order valence-corrected chi connectivity index (χ1v) is 5.39. The predicted octanol–water partition coefficient (Wildman–Crippen LogP) is 2.07. The largest absolute Gasteiger partial charge is 0.377 e. The Morgan fingerprint density at radius 2 is 2.43 bits per heavy atom. The fourth-order valence-electron chi connectivity index (χ4n) is 2.17. The lowest BCUT2D eigenvalue weighted by Gasteiger charge is -2.19. The van der Waals surface area contributed by atoms with E-state index in [0.29, 0.717) is 6.61 Å². The normalized spacial score (nSPS) is 20.9. The van der Waals surface area contributed by atoms with E-state index in [-0.39, 0.29) is 0 Å². The number of hydrogen-bond acceptors (Lipinski definition) is 2. The van der Waals surface area contributed by atoms with E-state index in [1.165, 1.54) is 30.7 Å². The average Bonchev–Trinajstić information content (AvgIpc) is 2.59. The van der Waals surface area contributed by atoms with E-state index in [2.05, 4.69) is 16.9 Å². The van der Waals surface area contributed by atoms with Gasteiger partial charge in [0.15, 0.2) is 0 Å². The van der Waals surface area contributed by atoms with Crippen LogP contribution < -0.4 is 0 Å². The summed E-state index contributed by atoms with van der Waals surface area (Å²) in [6.45, 7) is 2.87. The molecule has 0 aromatic carbocycles. The summed E-state index contributed by atoms with van der Waals surface area (Å²) in [5.74, 6) is 1.83. The molecule has 3 nitrogen and oxygen atoms in total. The van der Waals surface area contributed by atoms with E-state index in [0.717, 1.165) is 18.2 Å². The van der Waals surface area contributed by atoms with Crippen LogP contribution in [-0.4, -0.2) is 17.1 Å². The molecule has 0 aliphatic heterocycles. The van der Waals surface area contributed by atoms with Gasteiger partial charge in [0.2, 0.25) is 0 Å². The highest BCUT2D eigenvalue weighted by Crippen LogP contribution is 2.25. The van der Waals surface area contributed by atoms with E-state index in [4.69, 9.17) is 4.74 Å². The lowest BCUT2D eigenvalue weighted by Crippen LogP contribution is -2.12. The zero-order chi connectivity index (χ0) is 9.97. The van der Waals surface area contributed by atoms with E-state index in [9.17, 15) is 0 Å². The maximum Gasteiger partial charge on any atom is 0.132 e. The van der Waals surface area contributed by atoms with Gasteiger partial charge in [-0.3, -0.25) is 0 Å².